The fourth-order valence-corrected chi connectivity index (χ4v) is 4.89. The molecule has 1 saturated carbocycles. The molecule has 1 aliphatic heterocycles. The molecule has 4 rings (SSSR count). The number of hydrogen-bond donors (Lipinski definition) is 2. The zero-order valence-corrected chi connectivity index (χ0v) is 19.7. The van der Waals surface area contributed by atoms with Crippen LogP contribution in [-0.2, 0) is 20.7 Å². The van der Waals surface area contributed by atoms with Crippen molar-refractivity contribution < 1.29 is 24.2 Å². The van der Waals surface area contributed by atoms with Crippen LogP contribution in [0.1, 0.15) is 49.3 Å². The van der Waals surface area contributed by atoms with Crippen molar-refractivity contribution in [2.45, 2.75) is 50.7 Å². The third-order valence-electron chi connectivity index (χ3n) is 6.84. The SMILES string of the molecule is COc1ccc(CC(=O)Nc2ccc(C(O)C3COCC(=O)N3CC3CCCCC3)cc2)cc1. The highest BCUT2D eigenvalue weighted by Crippen LogP contribution is 2.30. The first-order valence-electron chi connectivity index (χ1n) is 12.1. The summed E-state index contributed by atoms with van der Waals surface area (Å²) in [7, 11) is 1.61. The van der Waals surface area contributed by atoms with Gasteiger partial charge in [0.2, 0.25) is 11.8 Å². The second-order valence-electron chi connectivity index (χ2n) is 9.27. The normalized spacial score (nSPS) is 20.1. The number of morpholine rings is 1. The van der Waals surface area contributed by atoms with E-state index in [2.05, 4.69) is 5.32 Å². The summed E-state index contributed by atoms with van der Waals surface area (Å²) >= 11 is 0. The zero-order chi connectivity index (χ0) is 23.9. The van der Waals surface area contributed by atoms with Gasteiger partial charge in [0.25, 0.3) is 0 Å². The number of methoxy groups -OCH3 is 1. The van der Waals surface area contributed by atoms with Crippen LogP contribution in [-0.4, -0.2) is 54.7 Å². The molecule has 2 atom stereocenters. The third-order valence-corrected chi connectivity index (χ3v) is 6.84. The quantitative estimate of drug-likeness (QED) is 0.619. The highest BCUT2D eigenvalue weighted by atomic mass is 16.5. The van der Waals surface area contributed by atoms with Crippen molar-refractivity contribution in [3.8, 4) is 5.75 Å². The maximum atomic E-state index is 12.6. The number of carbonyl (C=O) groups excluding carboxylic acids is 2. The lowest BCUT2D eigenvalue weighted by Gasteiger charge is -2.40. The highest BCUT2D eigenvalue weighted by Gasteiger charge is 2.36. The second kappa shape index (κ2) is 11.5. The lowest BCUT2D eigenvalue weighted by Crippen LogP contribution is -2.53. The predicted molar refractivity (Wildman–Crippen MR) is 130 cm³/mol. The topological polar surface area (TPSA) is 88.1 Å². The Labute approximate surface area is 201 Å². The van der Waals surface area contributed by atoms with E-state index in [0.717, 1.165) is 24.2 Å². The molecule has 1 heterocycles. The molecule has 0 spiro atoms. The number of nitrogens with one attached hydrogen (secondary N) is 1. The first-order chi connectivity index (χ1) is 16.5. The van der Waals surface area contributed by atoms with Crippen molar-refractivity contribution in [2.75, 3.05) is 32.2 Å². The van der Waals surface area contributed by atoms with Crippen LogP contribution in [0, 0.1) is 5.92 Å². The monoisotopic (exact) mass is 466 g/mol. The fourth-order valence-electron chi connectivity index (χ4n) is 4.89. The van der Waals surface area contributed by atoms with E-state index in [1.807, 2.05) is 29.2 Å². The number of nitrogens with zero attached hydrogens (tertiary/aromatic N) is 1. The fraction of sp³-hybridized carbons (Fsp3) is 0.481. The lowest BCUT2D eigenvalue weighted by molar-refractivity contribution is -0.155. The van der Waals surface area contributed by atoms with Crippen molar-refractivity contribution in [1.82, 2.24) is 4.90 Å². The minimum atomic E-state index is -0.850. The molecule has 34 heavy (non-hydrogen) atoms. The molecule has 1 aliphatic carbocycles. The Kier molecular flexibility index (Phi) is 8.19. The van der Waals surface area contributed by atoms with E-state index in [1.165, 1.54) is 19.3 Å². The summed E-state index contributed by atoms with van der Waals surface area (Å²) in [6.07, 6.45) is 5.37. The summed E-state index contributed by atoms with van der Waals surface area (Å²) in [6, 6.07) is 14.1. The third kappa shape index (κ3) is 6.15. The van der Waals surface area contributed by atoms with Crippen LogP contribution >= 0.6 is 0 Å². The molecule has 1 saturated heterocycles. The predicted octanol–water partition coefficient (Wildman–Crippen LogP) is 3.72. The first kappa shape index (κ1) is 24.2. The zero-order valence-electron chi connectivity index (χ0n) is 19.7. The van der Waals surface area contributed by atoms with Crippen LogP contribution in [0.25, 0.3) is 0 Å². The number of aliphatic hydroxyl groups excluding tert-OH is 1. The summed E-state index contributed by atoms with van der Waals surface area (Å²) in [5, 5.41) is 14.0. The van der Waals surface area contributed by atoms with E-state index in [-0.39, 0.29) is 24.8 Å². The van der Waals surface area contributed by atoms with E-state index in [0.29, 0.717) is 30.3 Å². The van der Waals surface area contributed by atoms with Gasteiger partial charge in [-0.25, -0.2) is 0 Å². The molecule has 0 aromatic heterocycles. The van der Waals surface area contributed by atoms with Gasteiger partial charge >= 0.3 is 0 Å². The Morgan fingerprint density at radius 2 is 1.82 bits per heavy atom. The number of rotatable bonds is 8. The summed E-state index contributed by atoms with van der Waals surface area (Å²) in [5.74, 6) is 1.07. The molecule has 0 radical (unpaired) electrons. The van der Waals surface area contributed by atoms with Gasteiger partial charge in [-0.2, -0.15) is 0 Å². The number of hydrogen-bond acceptors (Lipinski definition) is 5. The van der Waals surface area contributed by atoms with Crippen LogP contribution < -0.4 is 10.1 Å². The molecule has 2 N–H and O–H groups in total. The Hall–Kier alpha value is -2.90. The molecule has 2 amide bonds. The number of anilines is 1. The molecule has 2 unspecified atom stereocenters. The van der Waals surface area contributed by atoms with Crippen LogP contribution in [0.15, 0.2) is 48.5 Å². The number of aliphatic hydroxyl groups is 1. The average Bonchev–Trinajstić information content (AvgIpc) is 2.86. The van der Waals surface area contributed by atoms with E-state index in [4.69, 9.17) is 9.47 Å². The van der Waals surface area contributed by atoms with Crippen molar-refractivity contribution >= 4 is 17.5 Å². The van der Waals surface area contributed by atoms with Crippen LogP contribution in [0.3, 0.4) is 0 Å². The Morgan fingerprint density at radius 1 is 1.12 bits per heavy atom. The van der Waals surface area contributed by atoms with E-state index in [9.17, 15) is 14.7 Å². The molecule has 2 fully saturated rings. The standard InChI is InChI=1S/C27H34N2O5/c1-33-23-13-7-19(8-14-23)15-25(30)28-22-11-9-21(10-12-22)27(32)24-17-34-18-26(31)29(24)16-20-5-3-2-4-6-20/h7-14,20,24,27,32H,2-6,15-18H2,1H3,(H,28,30). The summed E-state index contributed by atoms with van der Waals surface area (Å²) in [4.78, 5) is 26.9. The summed E-state index contributed by atoms with van der Waals surface area (Å²) in [6.45, 7) is 1.08. The van der Waals surface area contributed by atoms with Crippen molar-refractivity contribution in [1.29, 1.82) is 0 Å². The first-order valence-corrected chi connectivity index (χ1v) is 12.1. The van der Waals surface area contributed by atoms with E-state index >= 15 is 0 Å². The maximum absolute atomic E-state index is 12.6. The van der Waals surface area contributed by atoms with Crippen LogP contribution in [0.4, 0.5) is 5.69 Å². The van der Waals surface area contributed by atoms with Gasteiger partial charge in [-0.05, 0) is 54.2 Å². The van der Waals surface area contributed by atoms with Crippen molar-refractivity contribution in [3.63, 3.8) is 0 Å². The minimum Gasteiger partial charge on any atom is -0.497 e. The van der Waals surface area contributed by atoms with Gasteiger partial charge in [-0.1, -0.05) is 43.5 Å². The number of benzene rings is 2. The molecule has 2 aromatic carbocycles. The van der Waals surface area contributed by atoms with Gasteiger partial charge < -0.3 is 24.8 Å². The molecule has 7 heteroatoms. The highest BCUT2D eigenvalue weighted by molar-refractivity contribution is 5.92. The largest absolute Gasteiger partial charge is 0.497 e. The molecule has 2 aliphatic rings. The van der Waals surface area contributed by atoms with Gasteiger partial charge in [0.15, 0.2) is 0 Å². The van der Waals surface area contributed by atoms with Crippen molar-refractivity contribution in [3.05, 3.63) is 59.7 Å². The number of carbonyl (C=O) groups is 2. The van der Waals surface area contributed by atoms with Crippen LogP contribution in [0.5, 0.6) is 5.75 Å². The second-order valence-corrected chi connectivity index (χ2v) is 9.27. The lowest BCUT2D eigenvalue weighted by atomic mass is 9.88. The molecule has 2 aromatic rings. The Bertz CT molecular complexity index is 954. The van der Waals surface area contributed by atoms with Gasteiger partial charge in [0, 0.05) is 12.2 Å². The van der Waals surface area contributed by atoms with Gasteiger partial charge in [0.05, 0.1) is 26.2 Å². The van der Waals surface area contributed by atoms with E-state index in [1.54, 1.807) is 31.4 Å². The summed E-state index contributed by atoms with van der Waals surface area (Å²) in [5.41, 5.74) is 2.25. The van der Waals surface area contributed by atoms with Gasteiger partial charge in [-0.3, -0.25) is 9.59 Å². The minimum absolute atomic E-state index is 0.0525. The molecular formula is C27H34N2O5. The number of ether oxygens (including phenoxy) is 2. The average molecular weight is 467 g/mol. The molecule has 7 nitrogen and oxygen atoms in total. The van der Waals surface area contributed by atoms with Crippen LogP contribution in [0.2, 0.25) is 0 Å². The Morgan fingerprint density at radius 3 is 2.50 bits per heavy atom. The summed E-state index contributed by atoms with van der Waals surface area (Å²) < 4.78 is 10.6. The smallest absolute Gasteiger partial charge is 0.249 e. The maximum Gasteiger partial charge on any atom is 0.249 e. The number of amides is 2. The van der Waals surface area contributed by atoms with Gasteiger partial charge in [-0.15, -0.1) is 0 Å². The van der Waals surface area contributed by atoms with E-state index < -0.39 is 12.1 Å². The van der Waals surface area contributed by atoms with Gasteiger partial charge in [0.1, 0.15) is 18.5 Å². The molecular weight excluding hydrogens is 432 g/mol. The molecule has 182 valence electrons. The molecule has 0 bridgehead atoms. The van der Waals surface area contributed by atoms with Crippen molar-refractivity contribution in [2.24, 2.45) is 5.92 Å². The Balaban J connectivity index is 1.36.